The molecule has 0 spiro atoms. The zero-order valence-electron chi connectivity index (χ0n) is 22.9. The Morgan fingerprint density at radius 3 is 2.30 bits per heavy atom. The Kier molecular flexibility index (Phi) is 7.72. The first-order valence-electron chi connectivity index (χ1n) is 13.0. The average Bonchev–Trinajstić information content (AvgIpc) is 2.87. The summed E-state index contributed by atoms with van der Waals surface area (Å²) < 4.78 is 26.2. The number of benzene rings is 1. The van der Waals surface area contributed by atoms with E-state index in [1.807, 2.05) is 0 Å². The van der Waals surface area contributed by atoms with Gasteiger partial charge in [0.2, 0.25) is 5.78 Å². The molecule has 0 saturated heterocycles. The van der Waals surface area contributed by atoms with Crippen LogP contribution in [-0.4, -0.2) is 96.0 Å². The molecule has 0 radical (unpaired) electrons. The van der Waals surface area contributed by atoms with E-state index in [9.17, 15) is 43.6 Å². The number of aliphatic hydroxyl groups excluding tert-OH is 2. The van der Waals surface area contributed by atoms with Gasteiger partial charge in [0.1, 0.15) is 22.8 Å². The molecule has 1 amide bonds. The topological polar surface area (TPSA) is 165 Å². The van der Waals surface area contributed by atoms with Crippen molar-refractivity contribution in [2.24, 2.45) is 23.5 Å². The Morgan fingerprint density at radius 1 is 1.15 bits per heavy atom. The molecule has 40 heavy (non-hydrogen) atoms. The number of phenols is 1. The summed E-state index contributed by atoms with van der Waals surface area (Å²) in [7, 11) is 6.57. The second kappa shape index (κ2) is 10.5. The molecule has 1 aromatic rings. The number of phenolic OH excluding ortho intramolecular Hbond substituents is 1. The van der Waals surface area contributed by atoms with Crippen LogP contribution < -0.4 is 10.6 Å². The number of nitrogens with two attached hydrogens (primary N) is 1. The Labute approximate surface area is 230 Å². The number of nitrogens with zero attached hydrogens (tertiary/aromatic N) is 2. The molecule has 4 rings (SSSR count). The number of carbonyl (C=O) groups is 3. The first kappa shape index (κ1) is 29.5. The molecule has 0 heterocycles. The Morgan fingerprint density at radius 2 is 1.77 bits per heavy atom. The lowest BCUT2D eigenvalue weighted by molar-refractivity contribution is -0.153. The highest BCUT2D eigenvalue weighted by molar-refractivity contribution is 6.24. The van der Waals surface area contributed by atoms with Crippen molar-refractivity contribution >= 4 is 28.9 Å². The molecule has 1 fully saturated rings. The zero-order valence-corrected chi connectivity index (χ0v) is 22.9. The van der Waals surface area contributed by atoms with Crippen molar-refractivity contribution in [1.29, 1.82) is 0 Å². The number of carbonyl (C=O) groups excluding carboxylic acids is 3. The van der Waals surface area contributed by atoms with Crippen LogP contribution in [-0.2, 0) is 27.2 Å². The summed E-state index contributed by atoms with van der Waals surface area (Å²) in [5, 5.41) is 45.4. The van der Waals surface area contributed by atoms with Crippen LogP contribution in [0.15, 0.2) is 23.0 Å². The van der Waals surface area contributed by atoms with E-state index in [2.05, 4.69) is 0 Å². The number of aliphatic hydroxyl groups is 3. The van der Waals surface area contributed by atoms with Gasteiger partial charge in [-0.25, -0.2) is 0 Å². The van der Waals surface area contributed by atoms with Gasteiger partial charge in [0.15, 0.2) is 11.4 Å². The predicted molar refractivity (Wildman–Crippen MR) is 142 cm³/mol. The van der Waals surface area contributed by atoms with Crippen LogP contribution in [0.3, 0.4) is 0 Å². The molecule has 0 aliphatic heterocycles. The number of likely N-dealkylation sites (N-methyl/N-ethyl adjacent to an activating group) is 1. The van der Waals surface area contributed by atoms with Gasteiger partial charge < -0.3 is 31.1 Å². The molecule has 218 valence electrons. The van der Waals surface area contributed by atoms with Gasteiger partial charge in [-0.2, -0.15) is 0 Å². The summed E-state index contributed by atoms with van der Waals surface area (Å²) in [6.45, 7) is -1.73. The van der Waals surface area contributed by atoms with Crippen molar-refractivity contribution in [3.05, 3.63) is 39.7 Å². The fraction of sp³-hybridized carbons (Fsp3) is 0.536. The molecule has 4 atom stereocenters. The van der Waals surface area contributed by atoms with Crippen LogP contribution in [0.25, 0.3) is 5.76 Å². The highest BCUT2D eigenvalue weighted by Gasteiger charge is 2.64. The molecule has 1 unspecified atom stereocenters. The summed E-state index contributed by atoms with van der Waals surface area (Å²) in [6.07, 6.45) is 0.326. The van der Waals surface area contributed by atoms with E-state index in [0.29, 0.717) is 16.8 Å². The zero-order chi connectivity index (χ0) is 29.8. The normalized spacial score (nSPS) is 26.3. The van der Waals surface area contributed by atoms with Gasteiger partial charge in [-0.1, -0.05) is 0 Å². The fourth-order valence-electron chi connectivity index (χ4n) is 6.49. The summed E-state index contributed by atoms with van der Waals surface area (Å²) >= 11 is 0. The molecule has 1 saturated carbocycles. The van der Waals surface area contributed by atoms with Crippen LogP contribution in [0.5, 0.6) is 5.75 Å². The molecule has 0 aromatic heterocycles. The van der Waals surface area contributed by atoms with Gasteiger partial charge in [0.05, 0.1) is 25.0 Å². The third-order valence-electron chi connectivity index (χ3n) is 8.52. The molecule has 10 nitrogen and oxygen atoms in total. The molecule has 3 aliphatic carbocycles. The SMILES string of the molecule is CN(C)c1cc(CCC(CF)CF)c(O)c2c1C[C@H]1C[C@H]3C(N(C)C)C(=O)C(C(N)=O)=C(O)[C@@]3(O)C(=O)C1=C2O. The van der Waals surface area contributed by atoms with E-state index in [4.69, 9.17) is 5.73 Å². The number of anilines is 1. The number of amides is 1. The fourth-order valence-corrected chi connectivity index (χ4v) is 6.49. The van der Waals surface area contributed by atoms with Crippen molar-refractivity contribution in [1.82, 2.24) is 4.90 Å². The van der Waals surface area contributed by atoms with E-state index < -0.39 is 77.3 Å². The lowest BCUT2D eigenvalue weighted by Gasteiger charge is -2.50. The summed E-state index contributed by atoms with van der Waals surface area (Å²) in [5.74, 6) is -8.06. The lowest BCUT2D eigenvalue weighted by atomic mass is 9.57. The third kappa shape index (κ3) is 4.24. The Bertz CT molecular complexity index is 1340. The number of rotatable bonds is 8. The molecular weight excluding hydrogens is 528 g/mol. The number of hydrogen-bond acceptors (Lipinski definition) is 9. The van der Waals surface area contributed by atoms with Crippen molar-refractivity contribution in [3.8, 4) is 5.75 Å². The van der Waals surface area contributed by atoms with Crippen molar-refractivity contribution in [3.63, 3.8) is 0 Å². The molecule has 3 aliphatic rings. The van der Waals surface area contributed by atoms with Crippen LogP contribution in [0.1, 0.15) is 29.5 Å². The predicted octanol–water partition coefficient (Wildman–Crippen LogP) is 1.52. The maximum absolute atomic E-state index is 14.0. The molecular formula is C28H35F2N3O7. The summed E-state index contributed by atoms with van der Waals surface area (Å²) in [5.41, 5.74) is 2.89. The third-order valence-corrected chi connectivity index (χ3v) is 8.52. The van der Waals surface area contributed by atoms with Crippen molar-refractivity contribution < 1.29 is 43.6 Å². The monoisotopic (exact) mass is 563 g/mol. The average molecular weight is 564 g/mol. The number of hydrogen-bond donors (Lipinski definition) is 5. The maximum atomic E-state index is 14.0. The van der Waals surface area contributed by atoms with Gasteiger partial charge in [-0.05, 0) is 62.9 Å². The minimum Gasteiger partial charge on any atom is -0.508 e. The van der Waals surface area contributed by atoms with Crippen LogP contribution >= 0.6 is 0 Å². The maximum Gasteiger partial charge on any atom is 0.255 e. The van der Waals surface area contributed by atoms with Crippen molar-refractivity contribution in [2.75, 3.05) is 46.4 Å². The van der Waals surface area contributed by atoms with Crippen LogP contribution in [0, 0.1) is 17.8 Å². The number of halogens is 2. The van der Waals surface area contributed by atoms with E-state index in [1.165, 1.54) is 19.0 Å². The Hall–Kier alpha value is -3.51. The van der Waals surface area contributed by atoms with E-state index >= 15 is 0 Å². The summed E-state index contributed by atoms with van der Waals surface area (Å²) in [4.78, 5) is 42.5. The second-order valence-corrected chi connectivity index (χ2v) is 11.3. The smallest absolute Gasteiger partial charge is 0.255 e. The van der Waals surface area contributed by atoms with E-state index in [0.717, 1.165) is 0 Å². The van der Waals surface area contributed by atoms with E-state index in [-0.39, 0.29) is 42.6 Å². The van der Waals surface area contributed by atoms with Gasteiger partial charge in [-0.15, -0.1) is 0 Å². The number of primary amides is 1. The Balaban J connectivity index is 1.93. The molecule has 1 aromatic carbocycles. The number of aromatic hydroxyl groups is 1. The summed E-state index contributed by atoms with van der Waals surface area (Å²) in [6, 6.07) is 0.516. The minimum atomic E-state index is -2.72. The highest BCUT2D eigenvalue weighted by Crippen LogP contribution is 2.54. The van der Waals surface area contributed by atoms with Gasteiger partial charge in [0, 0.05) is 37.2 Å². The molecule has 0 bridgehead atoms. The number of fused-ring (bicyclic) bond motifs is 3. The lowest BCUT2D eigenvalue weighted by Crippen LogP contribution is -2.65. The molecule has 12 heteroatoms. The van der Waals surface area contributed by atoms with Crippen LogP contribution in [0.2, 0.25) is 0 Å². The van der Waals surface area contributed by atoms with Gasteiger partial charge in [-0.3, -0.25) is 28.1 Å². The van der Waals surface area contributed by atoms with Gasteiger partial charge in [0.25, 0.3) is 5.91 Å². The highest BCUT2D eigenvalue weighted by atomic mass is 19.1. The largest absolute Gasteiger partial charge is 0.508 e. The minimum absolute atomic E-state index is 0.0180. The number of aryl methyl sites for hydroxylation is 1. The number of Topliss-reactive ketones (excluding diaryl/α,β-unsaturated/α-hetero) is 2. The standard InChI is InChI=1S/C28H35F2N3O7/c1-32(2)17-9-13(6-5-12(10-29)11-30)22(34)19-15(17)7-14-8-16-21(33(3)4)24(36)20(27(31)39)26(38)28(16,40)25(37)18(14)23(19)35/h9,12,14,16,21,34-35,38,40H,5-8,10-11H2,1-4H3,(H2,31,39)/t14-,16-,21?,28-/m0/s1. The number of ketones is 2. The first-order valence-corrected chi connectivity index (χ1v) is 13.0. The van der Waals surface area contributed by atoms with E-state index in [1.54, 1.807) is 25.1 Å². The number of alkyl halides is 2. The first-order chi connectivity index (χ1) is 18.7. The second-order valence-electron chi connectivity index (χ2n) is 11.3. The quantitative estimate of drug-likeness (QED) is 0.295. The van der Waals surface area contributed by atoms with Crippen molar-refractivity contribution in [2.45, 2.75) is 37.3 Å². The molecule has 6 N–H and O–H groups in total. The van der Waals surface area contributed by atoms with Gasteiger partial charge >= 0.3 is 0 Å². The van der Waals surface area contributed by atoms with Crippen LogP contribution in [0.4, 0.5) is 14.5 Å².